The largest absolute Gasteiger partial charge is 0.328 e. The van der Waals surface area contributed by atoms with Gasteiger partial charge in [0.1, 0.15) is 0 Å². The van der Waals surface area contributed by atoms with E-state index in [1.165, 1.54) is 43.6 Å². The molecule has 0 atom stereocenters. The minimum atomic E-state index is -0.367. The van der Waals surface area contributed by atoms with Crippen LogP contribution in [0.4, 0.5) is 5.69 Å². The van der Waals surface area contributed by atoms with Gasteiger partial charge in [-0.25, -0.2) is 4.79 Å². The Hall–Kier alpha value is -2.37. The van der Waals surface area contributed by atoms with Crippen molar-refractivity contribution in [2.45, 2.75) is 58.4 Å². The summed E-state index contributed by atoms with van der Waals surface area (Å²) in [5.41, 5.74) is 0.383. The fourth-order valence-corrected chi connectivity index (χ4v) is 3.75. The van der Waals surface area contributed by atoms with Crippen LogP contribution in [0.2, 0.25) is 0 Å². The molecule has 1 fully saturated rings. The van der Waals surface area contributed by atoms with E-state index >= 15 is 0 Å². The van der Waals surface area contributed by atoms with Gasteiger partial charge in [0.05, 0.1) is 10.9 Å². The lowest BCUT2D eigenvalue weighted by Crippen LogP contribution is -2.35. The van der Waals surface area contributed by atoms with Crippen LogP contribution in [0.3, 0.4) is 0 Å². The number of anilines is 1. The first-order valence-corrected chi connectivity index (χ1v) is 9.09. The summed E-state index contributed by atoms with van der Waals surface area (Å²) in [5.74, 6) is 0.534. The van der Waals surface area contributed by atoms with Gasteiger partial charge in [0.2, 0.25) is 5.91 Å². The quantitative estimate of drug-likeness (QED) is 0.875. The molecule has 2 N–H and O–H groups in total. The summed E-state index contributed by atoms with van der Waals surface area (Å²) in [6, 6.07) is 4.94. The number of hydrogen-bond acceptors (Lipinski definition) is 3. The molecule has 0 radical (unpaired) electrons. The molecule has 1 amide bonds. The maximum atomic E-state index is 12.7. The Morgan fingerprint density at radius 3 is 2.72 bits per heavy atom. The summed E-state index contributed by atoms with van der Waals surface area (Å²) in [4.78, 5) is 38.9. The van der Waals surface area contributed by atoms with E-state index < -0.39 is 0 Å². The van der Waals surface area contributed by atoms with Crippen LogP contribution in [-0.2, 0) is 11.3 Å². The van der Waals surface area contributed by atoms with Gasteiger partial charge in [-0.1, -0.05) is 32.1 Å². The lowest BCUT2D eigenvalue weighted by atomic mass is 9.86. The molecule has 1 aromatic heterocycles. The summed E-state index contributed by atoms with van der Waals surface area (Å²) in [6.45, 7) is 1.85. The fraction of sp³-hybridized carbons (Fsp3) is 0.526. The van der Waals surface area contributed by atoms with Crippen LogP contribution in [0.5, 0.6) is 0 Å². The average Bonchev–Trinajstić information content (AvgIpc) is 2.59. The summed E-state index contributed by atoms with van der Waals surface area (Å²) in [7, 11) is 0. The standard InChI is InChI=1S/C19H25N3O3/c1-13(23)20-15-9-10-17-16(12-15)18(24)22(19(25)21-17)11-5-8-14-6-3-2-4-7-14/h9-10,12,14H,2-8,11H2,1H3,(H,20,23)(H,21,25). The number of hydrogen-bond donors (Lipinski definition) is 2. The lowest BCUT2D eigenvalue weighted by molar-refractivity contribution is -0.114. The van der Waals surface area contributed by atoms with E-state index in [0.717, 1.165) is 18.8 Å². The normalized spacial score (nSPS) is 15.4. The molecule has 0 saturated heterocycles. The molecular weight excluding hydrogens is 318 g/mol. The van der Waals surface area contributed by atoms with Crippen molar-refractivity contribution in [3.63, 3.8) is 0 Å². The number of aromatic amines is 1. The van der Waals surface area contributed by atoms with Crippen LogP contribution in [0, 0.1) is 5.92 Å². The van der Waals surface area contributed by atoms with Crippen LogP contribution in [0.15, 0.2) is 27.8 Å². The molecule has 1 aliphatic carbocycles. The number of benzene rings is 1. The van der Waals surface area contributed by atoms with Crippen LogP contribution in [0.25, 0.3) is 10.9 Å². The molecule has 6 heteroatoms. The third-order valence-electron chi connectivity index (χ3n) is 5.02. The number of rotatable bonds is 5. The van der Waals surface area contributed by atoms with Crippen molar-refractivity contribution >= 4 is 22.5 Å². The molecule has 1 heterocycles. The van der Waals surface area contributed by atoms with E-state index in [2.05, 4.69) is 10.3 Å². The smallest absolute Gasteiger partial charge is 0.326 e. The van der Waals surface area contributed by atoms with Crippen molar-refractivity contribution in [1.82, 2.24) is 9.55 Å². The molecule has 1 aliphatic rings. The highest BCUT2D eigenvalue weighted by molar-refractivity contribution is 5.91. The Labute approximate surface area is 146 Å². The molecule has 3 rings (SSSR count). The van der Waals surface area contributed by atoms with E-state index in [0.29, 0.717) is 23.1 Å². The second-order valence-corrected chi connectivity index (χ2v) is 6.97. The van der Waals surface area contributed by atoms with Gasteiger partial charge < -0.3 is 10.3 Å². The number of nitrogens with zero attached hydrogens (tertiary/aromatic N) is 1. The second kappa shape index (κ2) is 7.68. The average molecular weight is 343 g/mol. The Kier molecular flexibility index (Phi) is 5.36. The molecule has 1 saturated carbocycles. The predicted molar refractivity (Wildman–Crippen MR) is 98.9 cm³/mol. The molecule has 2 aromatic rings. The van der Waals surface area contributed by atoms with Crippen LogP contribution in [-0.4, -0.2) is 15.5 Å². The number of carbonyl (C=O) groups is 1. The summed E-state index contributed by atoms with van der Waals surface area (Å²) < 4.78 is 1.28. The minimum Gasteiger partial charge on any atom is -0.326 e. The van der Waals surface area contributed by atoms with Gasteiger partial charge in [-0.15, -0.1) is 0 Å². The van der Waals surface area contributed by atoms with Gasteiger partial charge in [0, 0.05) is 19.2 Å². The highest BCUT2D eigenvalue weighted by atomic mass is 16.2. The predicted octanol–water partition coefficient (Wildman–Crippen LogP) is 3.01. The number of amides is 1. The molecule has 0 bridgehead atoms. The van der Waals surface area contributed by atoms with Gasteiger partial charge in [-0.05, 0) is 37.0 Å². The third-order valence-corrected chi connectivity index (χ3v) is 5.02. The molecule has 0 spiro atoms. The Morgan fingerprint density at radius 2 is 2.00 bits per heavy atom. The number of aromatic nitrogens is 2. The summed E-state index contributed by atoms with van der Waals surface area (Å²) in [5, 5.41) is 3.09. The van der Waals surface area contributed by atoms with Crippen molar-refractivity contribution < 1.29 is 4.79 Å². The lowest BCUT2D eigenvalue weighted by Gasteiger charge is -2.21. The van der Waals surface area contributed by atoms with Crippen molar-refractivity contribution in [3.05, 3.63) is 39.0 Å². The molecule has 1 aromatic carbocycles. The highest BCUT2D eigenvalue weighted by Gasteiger charge is 2.14. The number of carbonyl (C=O) groups excluding carboxylic acids is 1. The number of nitrogens with one attached hydrogen (secondary N) is 2. The Bertz CT molecular complexity index is 876. The topological polar surface area (TPSA) is 84.0 Å². The zero-order chi connectivity index (χ0) is 17.8. The molecule has 25 heavy (non-hydrogen) atoms. The SMILES string of the molecule is CC(=O)Nc1ccc2[nH]c(=O)n(CCCC3CCCCC3)c(=O)c2c1. The zero-order valence-corrected chi connectivity index (χ0v) is 14.6. The van der Waals surface area contributed by atoms with E-state index in [9.17, 15) is 14.4 Å². The van der Waals surface area contributed by atoms with Gasteiger partial charge in [-0.2, -0.15) is 0 Å². The first kappa shape index (κ1) is 17.5. The fourth-order valence-electron chi connectivity index (χ4n) is 3.75. The summed E-state index contributed by atoms with van der Waals surface area (Å²) in [6.07, 6.45) is 8.36. The number of H-pyrrole nitrogens is 1. The first-order chi connectivity index (χ1) is 12.0. The Morgan fingerprint density at radius 1 is 1.24 bits per heavy atom. The van der Waals surface area contributed by atoms with Crippen molar-refractivity contribution in [2.75, 3.05) is 5.32 Å². The number of fused-ring (bicyclic) bond motifs is 1. The molecule has 0 unspecified atom stereocenters. The van der Waals surface area contributed by atoms with Crippen LogP contribution < -0.4 is 16.6 Å². The van der Waals surface area contributed by atoms with E-state index in [1.807, 2.05) is 0 Å². The molecule has 6 nitrogen and oxygen atoms in total. The van der Waals surface area contributed by atoms with Crippen molar-refractivity contribution in [3.8, 4) is 0 Å². The van der Waals surface area contributed by atoms with E-state index in [-0.39, 0.29) is 17.2 Å². The maximum absolute atomic E-state index is 12.7. The minimum absolute atomic E-state index is 0.198. The van der Waals surface area contributed by atoms with Gasteiger partial charge in [0.15, 0.2) is 0 Å². The van der Waals surface area contributed by atoms with E-state index in [4.69, 9.17) is 0 Å². The van der Waals surface area contributed by atoms with Crippen LogP contribution >= 0.6 is 0 Å². The molecule has 134 valence electrons. The van der Waals surface area contributed by atoms with Gasteiger partial charge in [0.25, 0.3) is 5.56 Å². The Balaban J connectivity index is 1.80. The summed E-state index contributed by atoms with van der Waals surface area (Å²) >= 11 is 0. The van der Waals surface area contributed by atoms with E-state index in [1.54, 1.807) is 18.2 Å². The van der Waals surface area contributed by atoms with Crippen molar-refractivity contribution in [2.24, 2.45) is 5.92 Å². The highest BCUT2D eigenvalue weighted by Crippen LogP contribution is 2.27. The van der Waals surface area contributed by atoms with Gasteiger partial charge in [-0.3, -0.25) is 14.2 Å². The van der Waals surface area contributed by atoms with Gasteiger partial charge >= 0.3 is 5.69 Å². The maximum Gasteiger partial charge on any atom is 0.328 e. The molecular formula is C19H25N3O3. The van der Waals surface area contributed by atoms with Crippen LogP contribution in [0.1, 0.15) is 51.9 Å². The molecule has 0 aliphatic heterocycles. The zero-order valence-electron chi connectivity index (χ0n) is 14.6. The first-order valence-electron chi connectivity index (χ1n) is 9.09. The van der Waals surface area contributed by atoms with Crippen molar-refractivity contribution in [1.29, 1.82) is 0 Å². The second-order valence-electron chi connectivity index (χ2n) is 6.97. The monoisotopic (exact) mass is 343 g/mol. The third kappa shape index (κ3) is 4.18.